The molecule has 2 atom stereocenters. The molecule has 100 valence electrons. The van der Waals surface area contributed by atoms with Crippen LogP contribution in [0, 0.1) is 5.82 Å². The predicted octanol–water partition coefficient (Wildman–Crippen LogP) is 3.04. The molecule has 0 amide bonds. The van der Waals surface area contributed by atoms with Crippen LogP contribution in [0.1, 0.15) is 37.7 Å². The van der Waals surface area contributed by atoms with Crippen molar-refractivity contribution in [2.24, 2.45) is 5.73 Å². The van der Waals surface area contributed by atoms with E-state index >= 15 is 0 Å². The number of halogens is 1. The van der Waals surface area contributed by atoms with Crippen molar-refractivity contribution in [1.29, 1.82) is 0 Å². The zero-order chi connectivity index (χ0) is 12.8. The fourth-order valence-electron chi connectivity index (χ4n) is 2.51. The van der Waals surface area contributed by atoms with Gasteiger partial charge in [0.15, 0.2) is 0 Å². The predicted molar refractivity (Wildman–Crippen MR) is 70.9 cm³/mol. The molecule has 0 saturated carbocycles. The molecule has 0 bridgehead atoms. The van der Waals surface area contributed by atoms with Crippen LogP contribution < -0.4 is 5.73 Å². The number of nitrogens with two attached hydrogens (primary N) is 1. The quantitative estimate of drug-likeness (QED) is 0.843. The van der Waals surface area contributed by atoms with E-state index in [0.29, 0.717) is 6.10 Å². The summed E-state index contributed by atoms with van der Waals surface area (Å²) in [6.45, 7) is 0.923. The molecule has 2 unspecified atom stereocenters. The summed E-state index contributed by atoms with van der Waals surface area (Å²) in [5.74, 6) is -0.189. The summed E-state index contributed by atoms with van der Waals surface area (Å²) in [7, 11) is 0. The Labute approximate surface area is 108 Å². The first-order valence-corrected chi connectivity index (χ1v) is 6.85. The van der Waals surface area contributed by atoms with Crippen LogP contribution in [0.3, 0.4) is 0 Å². The average molecular weight is 251 g/mol. The van der Waals surface area contributed by atoms with Gasteiger partial charge in [0.2, 0.25) is 0 Å². The molecule has 1 aromatic carbocycles. The Bertz CT molecular complexity index is 346. The molecule has 3 heteroatoms. The third-order valence-corrected chi connectivity index (χ3v) is 3.54. The van der Waals surface area contributed by atoms with Crippen molar-refractivity contribution in [2.75, 3.05) is 6.61 Å². The lowest BCUT2D eigenvalue weighted by atomic mass is 10.00. The highest BCUT2D eigenvalue weighted by atomic mass is 19.1. The summed E-state index contributed by atoms with van der Waals surface area (Å²) in [6.07, 6.45) is 6.94. The first-order valence-electron chi connectivity index (χ1n) is 6.85. The Morgan fingerprint density at radius 2 is 2.11 bits per heavy atom. The van der Waals surface area contributed by atoms with E-state index in [2.05, 4.69) is 0 Å². The van der Waals surface area contributed by atoms with Crippen molar-refractivity contribution in [3.63, 3.8) is 0 Å². The smallest absolute Gasteiger partial charge is 0.123 e. The van der Waals surface area contributed by atoms with Crippen LogP contribution in [0.15, 0.2) is 24.3 Å². The molecule has 1 fully saturated rings. The molecular weight excluding hydrogens is 229 g/mol. The van der Waals surface area contributed by atoms with Crippen molar-refractivity contribution >= 4 is 0 Å². The fraction of sp³-hybridized carbons (Fsp3) is 0.600. The largest absolute Gasteiger partial charge is 0.378 e. The Morgan fingerprint density at radius 1 is 1.33 bits per heavy atom. The molecule has 2 rings (SSSR count). The van der Waals surface area contributed by atoms with Crippen LogP contribution in [-0.2, 0) is 11.2 Å². The van der Waals surface area contributed by atoms with E-state index in [0.717, 1.165) is 37.9 Å². The highest BCUT2D eigenvalue weighted by Crippen LogP contribution is 2.18. The zero-order valence-electron chi connectivity index (χ0n) is 10.8. The van der Waals surface area contributed by atoms with Gasteiger partial charge in [-0.2, -0.15) is 0 Å². The van der Waals surface area contributed by atoms with Crippen LogP contribution in [0.25, 0.3) is 0 Å². The van der Waals surface area contributed by atoms with Gasteiger partial charge in [0.05, 0.1) is 6.10 Å². The number of benzene rings is 1. The third-order valence-electron chi connectivity index (χ3n) is 3.54. The van der Waals surface area contributed by atoms with E-state index in [1.165, 1.54) is 25.0 Å². The van der Waals surface area contributed by atoms with Crippen LogP contribution in [0.5, 0.6) is 0 Å². The summed E-state index contributed by atoms with van der Waals surface area (Å²) < 4.78 is 18.3. The molecule has 0 spiro atoms. The van der Waals surface area contributed by atoms with E-state index in [4.69, 9.17) is 10.5 Å². The molecule has 1 aromatic rings. The zero-order valence-corrected chi connectivity index (χ0v) is 10.8. The normalized spacial score (nSPS) is 21.1. The number of ether oxygens (including phenoxy) is 1. The highest BCUT2D eigenvalue weighted by molar-refractivity contribution is 5.17. The van der Waals surface area contributed by atoms with E-state index < -0.39 is 0 Å². The second kappa shape index (κ2) is 6.86. The Balaban J connectivity index is 1.65. The molecule has 1 aliphatic heterocycles. The van der Waals surface area contributed by atoms with Gasteiger partial charge in [-0.25, -0.2) is 4.39 Å². The molecular formula is C15H22FNO. The minimum Gasteiger partial charge on any atom is -0.378 e. The van der Waals surface area contributed by atoms with Gasteiger partial charge in [-0.15, -0.1) is 0 Å². The number of hydrogen-bond donors (Lipinski definition) is 1. The first-order chi connectivity index (χ1) is 8.74. The minimum atomic E-state index is -0.189. The van der Waals surface area contributed by atoms with Crippen molar-refractivity contribution in [3.8, 4) is 0 Å². The standard InChI is InChI=1S/C15H22FNO/c16-13-8-6-12(7-9-13)11-14(17)3-1-4-15-5-2-10-18-15/h6-9,14-15H,1-5,10-11,17H2. The van der Waals surface area contributed by atoms with Gasteiger partial charge in [0.25, 0.3) is 0 Å². The molecule has 18 heavy (non-hydrogen) atoms. The molecule has 1 saturated heterocycles. The number of rotatable bonds is 6. The van der Waals surface area contributed by atoms with Crippen LogP contribution in [0.4, 0.5) is 4.39 Å². The summed E-state index contributed by atoms with van der Waals surface area (Å²) >= 11 is 0. The van der Waals surface area contributed by atoms with Gasteiger partial charge in [0.1, 0.15) is 5.82 Å². The molecule has 0 radical (unpaired) electrons. The molecule has 1 heterocycles. The summed E-state index contributed by atoms with van der Waals surface area (Å²) in [5.41, 5.74) is 7.21. The van der Waals surface area contributed by atoms with Gasteiger partial charge in [-0.1, -0.05) is 12.1 Å². The van der Waals surface area contributed by atoms with E-state index in [1.807, 2.05) is 12.1 Å². The molecule has 1 aliphatic rings. The van der Waals surface area contributed by atoms with Crippen molar-refractivity contribution in [1.82, 2.24) is 0 Å². The van der Waals surface area contributed by atoms with Gasteiger partial charge >= 0.3 is 0 Å². The van der Waals surface area contributed by atoms with Gasteiger partial charge in [0, 0.05) is 12.6 Å². The van der Waals surface area contributed by atoms with Crippen molar-refractivity contribution in [2.45, 2.75) is 50.7 Å². The second-order valence-electron chi connectivity index (χ2n) is 5.16. The van der Waals surface area contributed by atoms with Crippen LogP contribution in [0.2, 0.25) is 0 Å². The number of hydrogen-bond acceptors (Lipinski definition) is 2. The summed E-state index contributed by atoms with van der Waals surface area (Å²) in [4.78, 5) is 0. The maximum atomic E-state index is 12.8. The SMILES string of the molecule is NC(CCCC1CCCO1)Cc1ccc(F)cc1. The van der Waals surface area contributed by atoms with Crippen molar-refractivity contribution < 1.29 is 9.13 Å². The lowest BCUT2D eigenvalue weighted by molar-refractivity contribution is 0.101. The summed E-state index contributed by atoms with van der Waals surface area (Å²) in [6, 6.07) is 6.78. The maximum Gasteiger partial charge on any atom is 0.123 e. The fourth-order valence-corrected chi connectivity index (χ4v) is 2.51. The molecule has 0 aromatic heterocycles. The lowest BCUT2D eigenvalue weighted by Gasteiger charge is -2.13. The van der Waals surface area contributed by atoms with Crippen molar-refractivity contribution in [3.05, 3.63) is 35.6 Å². The van der Waals surface area contributed by atoms with E-state index in [9.17, 15) is 4.39 Å². The monoisotopic (exact) mass is 251 g/mol. The van der Waals surface area contributed by atoms with Crippen LogP contribution in [-0.4, -0.2) is 18.8 Å². The Kier molecular flexibility index (Phi) is 5.14. The second-order valence-corrected chi connectivity index (χ2v) is 5.16. The molecule has 2 nitrogen and oxygen atoms in total. The van der Waals surface area contributed by atoms with Gasteiger partial charge in [-0.05, 0) is 56.2 Å². The van der Waals surface area contributed by atoms with E-state index in [1.54, 1.807) is 0 Å². The third kappa shape index (κ3) is 4.39. The minimum absolute atomic E-state index is 0.164. The van der Waals surface area contributed by atoms with E-state index in [-0.39, 0.29) is 11.9 Å². The average Bonchev–Trinajstić information content (AvgIpc) is 2.85. The van der Waals surface area contributed by atoms with Gasteiger partial charge in [-0.3, -0.25) is 0 Å². The molecule has 0 aliphatic carbocycles. The van der Waals surface area contributed by atoms with Crippen LogP contribution >= 0.6 is 0 Å². The maximum absolute atomic E-state index is 12.8. The Hall–Kier alpha value is -0.930. The Morgan fingerprint density at radius 3 is 2.78 bits per heavy atom. The summed E-state index contributed by atoms with van der Waals surface area (Å²) in [5, 5.41) is 0. The topological polar surface area (TPSA) is 35.2 Å². The van der Waals surface area contributed by atoms with Gasteiger partial charge < -0.3 is 10.5 Å². The molecule has 2 N–H and O–H groups in total. The first kappa shape index (κ1) is 13.5. The highest BCUT2D eigenvalue weighted by Gasteiger charge is 2.15. The lowest BCUT2D eigenvalue weighted by Crippen LogP contribution is -2.23.